The number of aromatic nitrogens is 2. The van der Waals surface area contributed by atoms with E-state index >= 15 is 0 Å². The Morgan fingerprint density at radius 2 is 2.43 bits per heavy atom. The van der Waals surface area contributed by atoms with Crippen molar-refractivity contribution >= 4 is 17.7 Å². The molecular formula is C7H10N4O3. The van der Waals surface area contributed by atoms with E-state index in [1.807, 2.05) is 0 Å². The van der Waals surface area contributed by atoms with Crippen molar-refractivity contribution in [2.45, 2.75) is 0 Å². The van der Waals surface area contributed by atoms with E-state index in [1.165, 1.54) is 19.4 Å². The summed E-state index contributed by atoms with van der Waals surface area (Å²) in [5.74, 6) is -1.06. The number of rotatable bonds is 3. The van der Waals surface area contributed by atoms with Crippen LogP contribution in [0.3, 0.4) is 0 Å². The van der Waals surface area contributed by atoms with Crippen LogP contribution in [-0.4, -0.2) is 45.8 Å². The largest absolute Gasteiger partial charge is 0.480 e. The second-order valence-electron chi connectivity index (χ2n) is 2.67. The summed E-state index contributed by atoms with van der Waals surface area (Å²) in [6.07, 6.45) is 2.92. The highest BCUT2D eigenvalue weighted by Crippen LogP contribution is 2.02. The summed E-state index contributed by atoms with van der Waals surface area (Å²) in [6.45, 7) is -0.344. The summed E-state index contributed by atoms with van der Waals surface area (Å²) in [4.78, 5) is 22.6. The standard InChI is InChI=1S/C7H10N4O3/c1-11(4-6(12)13)7(14)10-5-2-8-9-3-5/h2-3H,4H2,1H3,(H,8,9)(H,10,14)(H,12,13). The molecule has 0 spiro atoms. The van der Waals surface area contributed by atoms with Crippen molar-refractivity contribution in [1.82, 2.24) is 15.1 Å². The smallest absolute Gasteiger partial charge is 0.323 e. The monoisotopic (exact) mass is 198 g/mol. The van der Waals surface area contributed by atoms with Crippen LogP contribution in [0.2, 0.25) is 0 Å². The third kappa shape index (κ3) is 2.77. The normalized spacial score (nSPS) is 9.50. The Labute approximate surface area is 79.7 Å². The van der Waals surface area contributed by atoms with Crippen molar-refractivity contribution in [3.8, 4) is 0 Å². The first-order valence-electron chi connectivity index (χ1n) is 3.82. The zero-order valence-corrected chi connectivity index (χ0v) is 7.52. The number of carboxylic acids is 1. The molecule has 0 bridgehead atoms. The summed E-state index contributed by atoms with van der Waals surface area (Å²) >= 11 is 0. The van der Waals surface area contributed by atoms with Crippen molar-refractivity contribution in [2.24, 2.45) is 0 Å². The average molecular weight is 198 g/mol. The van der Waals surface area contributed by atoms with Gasteiger partial charge in [0.2, 0.25) is 0 Å². The lowest BCUT2D eigenvalue weighted by molar-refractivity contribution is -0.137. The first kappa shape index (κ1) is 10.0. The van der Waals surface area contributed by atoms with Crippen molar-refractivity contribution in [2.75, 3.05) is 18.9 Å². The minimum atomic E-state index is -1.06. The Morgan fingerprint density at radius 3 is 2.93 bits per heavy atom. The maximum Gasteiger partial charge on any atom is 0.323 e. The first-order chi connectivity index (χ1) is 6.59. The van der Waals surface area contributed by atoms with Gasteiger partial charge in [-0.2, -0.15) is 5.10 Å². The summed E-state index contributed by atoms with van der Waals surface area (Å²) in [5, 5.41) is 17.0. The first-order valence-corrected chi connectivity index (χ1v) is 3.82. The van der Waals surface area contributed by atoms with Gasteiger partial charge in [-0.15, -0.1) is 0 Å². The Bertz CT molecular complexity index is 322. The van der Waals surface area contributed by atoms with Crippen LogP contribution in [0.4, 0.5) is 10.5 Å². The molecule has 1 aromatic rings. The van der Waals surface area contributed by atoms with Crippen LogP contribution in [0.25, 0.3) is 0 Å². The molecule has 14 heavy (non-hydrogen) atoms. The van der Waals surface area contributed by atoms with Crippen LogP contribution in [-0.2, 0) is 4.79 Å². The number of aliphatic carboxylic acids is 1. The Morgan fingerprint density at radius 1 is 1.71 bits per heavy atom. The van der Waals surface area contributed by atoms with E-state index in [4.69, 9.17) is 5.11 Å². The number of likely N-dealkylation sites (N-methyl/N-ethyl adjacent to an activating group) is 1. The third-order valence-electron chi connectivity index (χ3n) is 1.47. The second kappa shape index (κ2) is 4.26. The highest BCUT2D eigenvalue weighted by Gasteiger charge is 2.11. The Hall–Kier alpha value is -2.05. The number of carboxylic acid groups (broad SMARTS) is 1. The number of hydrogen-bond donors (Lipinski definition) is 3. The van der Waals surface area contributed by atoms with Gasteiger partial charge in [0, 0.05) is 13.2 Å². The second-order valence-corrected chi connectivity index (χ2v) is 2.67. The molecule has 0 saturated carbocycles. The summed E-state index contributed by atoms with van der Waals surface area (Å²) in [6, 6.07) is -0.492. The van der Waals surface area contributed by atoms with E-state index < -0.39 is 12.0 Å². The van der Waals surface area contributed by atoms with Crippen molar-refractivity contribution in [1.29, 1.82) is 0 Å². The zero-order chi connectivity index (χ0) is 10.6. The van der Waals surface area contributed by atoms with Gasteiger partial charge in [-0.25, -0.2) is 4.79 Å². The van der Waals surface area contributed by atoms with Crippen LogP contribution in [0.5, 0.6) is 0 Å². The van der Waals surface area contributed by atoms with E-state index in [1.54, 1.807) is 0 Å². The van der Waals surface area contributed by atoms with E-state index in [-0.39, 0.29) is 6.54 Å². The molecular weight excluding hydrogens is 188 g/mol. The molecule has 0 unspecified atom stereocenters. The average Bonchev–Trinajstić information content (AvgIpc) is 2.55. The lowest BCUT2D eigenvalue weighted by Gasteiger charge is -2.14. The number of carbonyl (C=O) groups excluding carboxylic acids is 1. The zero-order valence-electron chi connectivity index (χ0n) is 7.52. The van der Waals surface area contributed by atoms with Crippen molar-refractivity contribution < 1.29 is 14.7 Å². The van der Waals surface area contributed by atoms with Gasteiger partial charge in [-0.1, -0.05) is 0 Å². The fourth-order valence-corrected chi connectivity index (χ4v) is 0.813. The van der Waals surface area contributed by atoms with Crippen molar-refractivity contribution in [3.05, 3.63) is 12.4 Å². The van der Waals surface area contributed by atoms with Crippen LogP contribution >= 0.6 is 0 Å². The molecule has 0 saturated heterocycles. The molecule has 1 aromatic heterocycles. The molecule has 1 rings (SSSR count). The van der Waals surface area contributed by atoms with Gasteiger partial charge < -0.3 is 15.3 Å². The molecule has 0 aliphatic heterocycles. The molecule has 76 valence electrons. The molecule has 0 aliphatic carbocycles. The fourth-order valence-electron chi connectivity index (χ4n) is 0.813. The minimum absolute atomic E-state index is 0.344. The highest BCUT2D eigenvalue weighted by atomic mass is 16.4. The van der Waals surface area contributed by atoms with E-state index in [0.717, 1.165) is 4.90 Å². The number of anilines is 1. The fraction of sp³-hybridized carbons (Fsp3) is 0.286. The van der Waals surface area contributed by atoms with Gasteiger partial charge in [0.15, 0.2) is 0 Å². The van der Waals surface area contributed by atoms with Gasteiger partial charge in [0.25, 0.3) is 0 Å². The van der Waals surface area contributed by atoms with Gasteiger partial charge >= 0.3 is 12.0 Å². The van der Waals surface area contributed by atoms with Crippen LogP contribution < -0.4 is 5.32 Å². The highest BCUT2D eigenvalue weighted by molar-refractivity contribution is 5.90. The lowest BCUT2D eigenvalue weighted by atomic mass is 10.5. The van der Waals surface area contributed by atoms with E-state index in [9.17, 15) is 9.59 Å². The minimum Gasteiger partial charge on any atom is -0.480 e. The predicted octanol–water partition coefficient (Wildman–Crippen LogP) is -0.0420. The number of urea groups is 1. The van der Waals surface area contributed by atoms with E-state index in [0.29, 0.717) is 5.69 Å². The number of nitrogens with zero attached hydrogens (tertiary/aromatic N) is 2. The molecule has 3 N–H and O–H groups in total. The molecule has 1 heterocycles. The van der Waals surface area contributed by atoms with Gasteiger partial charge in [-0.05, 0) is 0 Å². The SMILES string of the molecule is CN(CC(=O)O)C(=O)Nc1cn[nH]c1. The molecule has 0 aromatic carbocycles. The number of nitrogens with one attached hydrogen (secondary N) is 2. The quantitative estimate of drug-likeness (QED) is 0.634. The summed E-state index contributed by atoms with van der Waals surface area (Å²) in [7, 11) is 1.39. The molecule has 0 radical (unpaired) electrons. The van der Waals surface area contributed by atoms with E-state index in [2.05, 4.69) is 15.5 Å². The molecule has 7 nitrogen and oxygen atoms in total. The predicted molar refractivity (Wildman–Crippen MR) is 47.9 cm³/mol. The van der Waals surface area contributed by atoms with Crippen molar-refractivity contribution in [3.63, 3.8) is 0 Å². The Balaban J connectivity index is 2.46. The molecule has 2 amide bonds. The Kier molecular flexibility index (Phi) is 3.05. The maximum absolute atomic E-state index is 11.3. The van der Waals surface area contributed by atoms with Crippen LogP contribution in [0, 0.1) is 0 Å². The van der Waals surface area contributed by atoms with Crippen LogP contribution in [0.15, 0.2) is 12.4 Å². The van der Waals surface area contributed by atoms with Crippen LogP contribution in [0.1, 0.15) is 0 Å². The topological polar surface area (TPSA) is 98.3 Å². The number of amides is 2. The van der Waals surface area contributed by atoms with Gasteiger partial charge in [0.1, 0.15) is 6.54 Å². The molecule has 0 atom stereocenters. The number of H-pyrrole nitrogens is 1. The lowest BCUT2D eigenvalue weighted by Crippen LogP contribution is -2.35. The van der Waals surface area contributed by atoms with Gasteiger partial charge in [-0.3, -0.25) is 9.89 Å². The molecule has 0 aliphatic rings. The number of aromatic amines is 1. The summed E-state index contributed by atoms with van der Waals surface area (Å²) in [5.41, 5.74) is 0.493. The molecule has 0 fully saturated rings. The molecule has 7 heteroatoms. The van der Waals surface area contributed by atoms with Gasteiger partial charge in [0.05, 0.1) is 11.9 Å². The number of hydrogen-bond acceptors (Lipinski definition) is 3. The maximum atomic E-state index is 11.3. The number of carbonyl (C=O) groups is 2. The third-order valence-corrected chi connectivity index (χ3v) is 1.47. The summed E-state index contributed by atoms with van der Waals surface area (Å²) < 4.78 is 0.